The molecule has 134 valence electrons. The zero-order valence-electron chi connectivity index (χ0n) is 14.7. The van der Waals surface area contributed by atoms with Gasteiger partial charge in [-0.3, -0.25) is 9.36 Å². The third kappa shape index (κ3) is 4.30. The lowest BCUT2D eigenvalue weighted by atomic mass is 10.2. The molecule has 0 saturated carbocycles. The van der Waals surface area contributed by atoms with Crippen LogP contribution in [-0.2, 0) is 16.1 Å². The van der Waals surface area contributed by atoms with Gasteiger partial charge in [-0.2, -0.15) is 0 Å². The van der Waals surface area contributed by atoms with Crippen LogP contribution >= 0.6 is 11.8 Å². The monoisotopic (exact) mass is 368 g/mol. The molecule has 3 aromatic rings. The molecule has 2 aromatic carbocycles. The van der Waals surface area contributed by atoms with Crippen molar-refractivity contribution in [2.45, 2.75) is 18.7 Å². The molecule has 1 aromatic heterocycles. The van der Waals surface area contributed by atoms with E-state index in [1.807, 2.05) is 66.1 Å². The zero-order valence-corrected chi connectivity index (χ0v) is 15.5. The second-order valence-electron chi connectivity index (χ2n) is 5.65. The Bertz CT molecular complexity index is 880. The van der Waals surface area contributed by atoms with E-state index in [-0.39, 0.29) is 11.7 Å². The Kier molecular flexibility index (Phi) is 6.04. The number of rotatable bonds is 7. The number of nitrogens with one attached hydrogen (secondary N) is 1. The van der Waals surface area contributed by atoms with Crippen LogP contribution in [0.2, 0.25) is 0 Å². The van der Waals surface area contributed by atoms with Crippen molar-refractivity contribution in [1.29, 1.82) is 0 Å². The number of hydrogen-bond acceptors (Lipinski definition) is 5. The van der Waals surface area contributed by atoms with Crippen LogP contribution in [-0.4, -0.2) is 33.5 Å². The van der Waals surface area contributed by atoms with Crippen molar-refractivity contribution in [2.75, 3.05) is 18.2 Å². The Morgan fingerprint density at radius 1 is 1.12 bits per heavy atom. The average molecular weight is 368 g/mol. The van der Waals surface area contributed by atoms with Gasteiger partial charge in [-0.05, 0) is 30.7 Å². The van der Waals surface area contributed by atoms with Crippen molar-refractivity contribution >= 4 is 23.4 Å². The summed E-state index contributed by atoms with van der Waals surface area (Å²) in [6.07, 6.45) is 0. The molecule has 3 rings (SSSR count). The summed E-state index contributed by atoms with van der Waals surface area (Å²) in [5.74, 6) is 0.854. The molecule has 0 aliphatic carbocycles. The summed E-state index contributed by atoms with van der Waals surface area (Å²) in [6.45, 7) is 2.31. The van der Waals surface area contributed by atoms with E-state index >= 15 is 0 Å². The molecule has 0 aliphatic rings. The van der Waals surface area contributed by atoms with Crippen molar-refractivity contribution in [2.24, 2.45) is 0 Å². The molecular formula is C19H20N4O2S. The summed E-state index contributed by atoms with van der Waals surface area (Å²) < 4.78 is 7.12. The standard InChI is InChI=1S/C19H20N4O2S/c1-14-8-6-7-11-16(14)20-18(24)13-26-19-22-21-17(12-25-2)23(19)15-9-4-3-5-10-15/h3-11H,12-13H2,1-2H3,(H,20,24). The SMILES string of the molecule is COCc1nnc(SCC(=O)Nc2ccccc2C)n1-c1ccccc1. The Morgan fingerprint density at radius 3 is 2.58 bits per heavy atom. The van der Waals surface area contributed by atoms with Gasteiger partial charge in [-0.15, -0.1) is 10.2 Å². The Labute approximate surface area is 156 Å². The fraction of sp³-hybridized carbons (Fsp3) is 0.211. The van der Waals surface area contributed by atoms with Gasteiger partial charge in [0.05, 0.1) is 5.75 Å². The smallest absolute Gasteiger partial charge is 0.234 e. The summed E-state index contributed by atoms with van der Waals surface area (Å²) in [7, 11) is 1.62. The fourth-order valence-electron chi connectivity index (χ4n) is 2.48. The number of thioether (sulfide) groups is 1. The minimum absolute atomic E-state index is 0.0831. The molecule has 0 spiro atoms. The van der Waals surface area contributed by atoms with Crippen LogP contribution in [0.15, 0.2) is 59.8 Å². The highest BCUT2D eigenvalue weighted by molar-refractivity contribution is 7.99. The molecule has 0 radical (unpaired) electrons. The molecular weight excluding hydrogens is 348 g/mol. The lowest BCUT2D eigenvalue weighted by Gasteiger charge is -2.10. The van der Waals surface area contributed by atoms with Crippen molar-refractivity contribution in [3.63, 3.8) is 0 Å². The number of ether oxygens (including phenoxy) is 1. The lowest BCUT2D eigenvalue weighted by molar-refractivity contribution is -0.113. The number of anilines is 1. The van der Waals surface area contributed by atoms with Gasteiger partial charge in [0, 0.05) is 18.5 Å². The van der Waals surface area contributed by atoms with Crippen LogP contribution in [0, 0.1) is 6.92 Å². The first kappa shape index (κ1) is 18.2. The second kappa shape index (κ2) is 8.64. The molecule has 1 heterocycles. The molecule has 1 N–H and O–H groups in total. The number of carbonyl (C=O) groups excluding carboxylic acids is 1. The van der Waals surface area contributed by atoms with Crippen molar-refractivity contribution in [3.8, 4) is 5.69 Å². The number of amides is 1. The van der Waals surface area contributed by atoms with E-state index in [2.05, 4.69) is 15.5 Å². The summed E-state index contributed by atoms with van der Waals surface area (Å²) in [6, 6.07) is 17.5. The molecule has 0 aliphatic heterocycles. The number of nitrogens with zero attached hydrogens (tertiary/aromatic N) is 3. The van der Waals surface area contributed by atoms with Gasteiger partial charge in [0.2, 0.25) is 5.91 Å². The maximum Gasteiger partial charge on any atom is 0.234 e. The number of aryl methyl sites for hydroxylation is 1. The normalized spacial score (nSPS) is 10.7. The van der Waals surface area contributed by atoms with E-state index in [0.29, 0.717) is 17.6 Å². The molecule has 0 unspecified atom stereocenters. The molecule has 0 bridgehead atoms. The maximum absolute atomic E-state index is 12.3. The quantitative estimate of drug-likeness (QED) is 0.647. The minimum atomic E-state index is -0.0831. The van der Waals surface area contributed by atoms with Gasteiger partial charge < -0.3 is 10.1 Å². The van der Waals surface area contributed by atoms with E-state index in [4.69, 9.17) is 4.74 Å². The third-order valence-electron chi connectivity index (χ3n) is 3.74. The largest absolute Gasteiger partial charge is 0.377 e. The molecule has 0 fully saturated rings. The van der Waals surface area contributed by atoms with Crippen LogP contribution in [0.1, 0.15) is 11.4 Å². The average Bonchev–Trinajstić information content (AvgIpc) is 3.06. The zero-order chi connectivity index (χ0) is 18.4. The predicted octanol–water partition coefficient (Wildman–Crippen LogP) is 3.45. The third-order valence-corrected chi connectivity index (χ3v) is 4.67. The van der Waals surface area contributed by atoms with Crippen molar-refractivity contribution in [1.82, 2.24) is 14.8 Å². The van der Waals surface area contributed by atoms with E-state index < -0.39 is 0 Å². The van der Waals surface area contributed by atoms with Crippen LogP contribution < -0.4 is 5.32 Å². The highest BCUT2D eigenvalue weighted by Crippen LogP contribution is 2.23. The molecule has 7 heteroatoms. The number of aromatic nitrogens is 3. The molecule has 0 saturated heterocycles. The fourth-order valence-corrected chi connectivity index (χ4v) is 3.25. The Morgan fingerprint density at radius 2 is 1.85 bits per heavy atom. The maximum atomic E-state index is 12.3. The van der Waals surface area contributed by atoms with Crippen LogP contribution in [0.25, 0.3) is 5.69 Å². The highest BCUT2D eigenvalue weighted by atomic mass is 32.2. The van der Waals surface area contributed by atoms with Crippen molar-refractivity contribution < 1.29 is 9.53 Å². The van der Waals surface area contributed by atoms with E-state index in [9.17, 15) is 4.79 Å². The minimum Gasteiger partial charge on any atom is -0.377 e. The molecule has 0 atom stereocenters. The first-order valence-corrected chi connectivity index (χ1v) is 9.14. The van der Waals surface area contributed by atoms with Gasteiger partial charge in [-0.25, -0.2) is 0 Å². The number of methoxy groups -OCH3 is 1. The van der Waals surface area contributed by atoms with Crippen LogP contribution in [0.3, 0.4) is 0 Å². The Hall–Kier alpha value is -2.64. The number of para-hydroxylation sites is 2. The molecule has 6 nitrogen and oxygen atoms in total. The van der Waals surface area contributed by atoms with Gasteiger partial charge >= 0.3 is 0 Å². The van der Waals surface area contributed by atoms with E-state index in [1.165, 1.54) is 11.8 Å². The highest BCUT2D eigenvalue weighted by Gasteiger charge is 2.16. The first-order valence-electron chi connectivity index (χ1n) is 8.16. The van der Waals surface area contributed by atoms with Gasteiger partial charge in [0.15, 0.2) is 11.0 Å². The van der Waals surface area contributed by atoms with E-state index in [1.54, 1.807) is 7.11 Å². The number of hydrogen-bond donors (Lipinski definition) is 1. The summed E-state index contributed by atoms with van der Waals surface area (Å²) in [5, 5.41) is 12.0. The number of carbonyl (C=O) groups is 1. The number of benzene rings is 2. The predicted molar refractivity (Wildman–Crippen MR) is 103 cm³/mol. The summed E-state index contributed by atoms with van der Waals surface area (Å²) in [4.78, 5) is 12.3. The second-order valence-corrected chi connectivity index (χ2v) is 6.60. The van der Waals surface area contributed by atoms with Crippen LogP contribution in [0.5, 0.6) is 0 Å². The van der Waals surface area contributed by atoms with Gasteiger partial charge in [0.25, 0.3) is 0 Å². The summed E-state index contributed by atoms with van der Waals surface area (Å²) in [5.41, 5.74) is 2.79. The Balaban J connectivity index is 1.74. The first-order chi connectivity index (χ1) is 12.7. The summed E-state index contributed by atoms with van der Waals surface area (Å²) >= 11 is 1.34. The topological polar surface area (TPSA) is 69.0 Å². The lowest BCUT2D eigenvalue weighted by Crippen LogP contribution is -2.15. The van der Waals surface area contributed by atoms with Gasteiger partial charge in [0.1, 0.15) is 6.61 Å². The van der Waals surface area contributed by atoms with Crippen LogP contribution in [0.4, 0.5) is 5.69 Å². The van der Waals surface area contributed by atoms with Crippen molar-refractivity contribution in [3.05, 3.63) is 66.0 Å². The van der Waals surface area contributed by atoms with E-state index in [0.717, 1.165) is 16.9 Å². The van der Waals surface area contributed by atoms with Gasteiger partial charge in [-0.1, -0.05) is 48.2 Å². The molecule has 26 heavy (non-hydrogen) atoms. The molecule has 1 amide bonds.